The number of benzene rings is 2. The zero-order chi connectivity index (χ0) is 17.1. The van der Waals surface area contributed by atoms with Crippen molar-refractivity contribution in [2.75, 3.05) is 11.9 Å². The summed E-state index contributed by atoms with van der Waals surface area (Å²) in [6.07, 6.45) is 0. The summed E-state index contributed by atoms with van der Waals surface area (Å²) in [5, 5.41) is 14.2. The van der Waals surface area contributed by atoms with Crippen molar-refractivity contribution in [1.82, 2.24) is 15.1 Å². The minimum atomic E-state index is 0.633. The molecular formula is C19H22N4S. The monoisotopic (exact) mass is 338 g/mol. The van der Waals surface area contributed by atoms with Crippen LogP contribution in [0.2, 0.25) is 0 Å². The second-order valence-corrected chi connectivity index (χ2v) is 6.23. The Balaban J connectivity index is 1.92. The highest BCUT2D eigenvalue weighted by Gasteiger charge is 2.13. The minimum Gasteiger partial charge on any atom is -0.363 e. The molecule has 1 heterocycles. The number of rotatable bonds is 4. The lowest BCUT2D eigenvalue weighted by atomic mass is 10.0. The quantitative estimate of drug-likeness (QED) is 0.706. The zero-order valence-electron chi connectivity index (χ0n) is 14.3. The molecule has 0 radical (unpaired) electrons. The van der Waals surface area contributed by atoms with E-state index in [1.54, 1.807) is 0 Å². The van der Waals surface area contributed by atoms with E-state index >= 15 is 0 Å². The molecule has 5 heteroatoms. The molecular weight excluding hydrogens is 316 g/mol. The van der Waals surface area contributed by atoms with E-state index in [1.807, 2.05) is 18.5 Å². The second kappa shape index (κ2) is 7.01. The van der Waals surface area contributed by atoms with E-state index in [2.05, 4.69) is 60.0 Å². The predicted molar refractivity (Wildman–Crippen MR) is 105 cm³/mol. The SMILES string of the molecule is CCNC(=S)Nc1c(C)nn(Cc2cccc3ccccc23)c1C. The average Bonchev–Trinajstić information content (AvgIpc) is 2.83. The highest BCUT2D eigenvalue weighted by Crippen LogP contribution is 2.23. The maximum atomic E-state index is 5.30. The topological polar surface area (TPSA) is 41.9 Å². The lowest BCUT2D eigenvalue weighted by Crippen LogP contribution is -2.28. The van der Waals surface area contributed by atoms with Crippen LogP contribution in [0.1, 0.15) is 23.9 Å². The van der Waals surface area contributed by atoms with Crippen LogP contribution in [0.15, 0.2) is 42.5 Å². The normalized spacial score (nSPS) is 10.8. The molecule has 0 aliphatic heterocycles. The van der Waals surface area contributed by atoms with Gasteiger partial charge in [-0.3, -0.25) is 4.68 Å². The van der Waals surface area contributed by atoms with Gasteiger partial charge in [-0.25, -0.2) is 0 Å². The maximum absolute atomic E-state index is 5.30. The fraction of sp³-hybridized carbons (Fsp3) is 0.263. The van der Waals surface area contributed by atoms with Crippen molar-refractivity contribution in [3.05, 3.63) is 59.4 Å². The number of thiocarbonyl (C=S) groups is 1. The Hall–Kier alpha value is -2.40. The molecule has 0 saturated heterocycles. The van der Waals surface area contributed by atoms with Crippen LogP contribution in [0.3, 0.4) is 0 Å². The number of hydrogen-bond donors (Lipinski definition) is 2. The van der Waals surface area contributed by atoms with E-state index in [1.165, 1.54) is 16.3 Å². The zero-order valence-corrected chi connectivity index (χ0v) is 15.1. The summed E-state index contributed by atoms with van der Waals surface area (Å²) in [5.74, 6) is 0. The second-order valence-electron chi connectivity index (χ2n) is 5.83. The fourth-order valence-electron chi connectivity index (χ4n) is 2.94. The predicted octanol–water partition coefficient (Wildman–Crippen LogP) is 4.01. The molecule has 1 aromatic heterocycles. The lowest BCUT2D eigenvalue weighted by molar-refractivity contribution is 0.662. The highest BCUT2D eigenvalue weighted by atomic mass is 32.1. The van der Waals surface area contributed by atoms with Gasteiger partial charge in [0.1, 0.15) is 0 Å². The number of fused-ring (bicyclic) bond motifs is 1. The van der Waals surface area contributed by atoms with E-state index in [4.69, 9.17) is 17.3 Å². The fourth-order valence-corrected chi connectivity index (χ4v) is 3.19. The summed E-state index contributed by atoms with van der Waals surface area (Å²) in [5.41, 5.74) is 4.29. The van der Waals surface area contributed by atoms with E-state index in [-0.39, 0.29) is 0 Å². The summed E-state index contributed by atoms with van der Waals surface area (Å²) >= 11 is 5.30. The van der Waals surface area contributed by atoms with Crippen molar-refractivity contribution >= 4 is 33.8 Å². The van der Waals surface area contributed by atoms with Crippen molar-refractivity contribution in [3.63, 3.8) is 0 Å². The Morgan fingerprint density at radius 3 is 2.67 bits per heavy atom. The van der Waals surface area contributed by atoms with Crippen molar-refractivity contribution in [3.8, 4) is 0 Å². The molecule has 0 spiro atoms. The molecule has 3 rings (SSSR count). The van der Waals surface area contributed by atoms with Crippen LogP contribution < -0.4 is 10.6 Å². The number of aryl methyl sites for hydroxylation is 1. The molecule has 2 aromatic carbocycles. The number of nitrogens with zero attached hydrogens (tertiary/aromatic N) is 2. The Bertz CT molecular complexity index is 877. The van der Waals surface area contributed by atoms with Gasteiger partial charge in [0.2, 0.25) is 0 Å². The first kappa shape index (κ1) is 16.5. The summed E-state index contributed by atoms with van der Waals surface area (Å²) < 4.78 is 2.04. The van der Waals surface area contributed by atoms with Crippen molar-refractivity contribution in [2.45, 2.75) is 27.3 Å². The third kappa shape index (κ3) is 3.26. The van der Waals surface area contributed by atoms with Crippen LogP contribution in [0.5, 0.6) is 0 Å². The maximum Gasteiger partial charge on any atom is 0.170 e. The Morgan fingerprint density at radius 2 is 1.88 bits per heavy atom. The molecule has 0 aliphatic carbocycles. The summed E-state index contributed by atoms with van der Waals surface area (Å²) in [6.45, 7) is 7.64. The molecule has 0 unspecified atom stereocenters. The van der Waals surface area contributed by atoms with E-state index in [0.717, 1.165) is 30.2 Å². The number of nitrogens with one attached hydrogen (secondary N) is 2. The summed E-state index contributed by atoms with van der Waals surface area (Å²) in [7, 11) is 0. The average molecular weight is 338 g/mol. The van der Waals surface area contributed by atoms with Gasteiger partial charge in [-0.15, -0.1) is 0 Å². The van der Waals surface area contributed by atoms with Crippen LogP contribution in [-0.2, 0) is 6.54 Å². The number of aromatic nitrogens is 2. The van der Waals surface area contributed by atoms with Crippen molar-refractivity contribution < 1.29 is 0 Å². The van der Waals surface area contributed by atoms with E-state index < -0.39 is 0 Å². The molecule has 24 heavy (non-hydrogen) atoms. The first-order chi connectivity index (χ1) is 11.6. The minimum absolute atomic E-state index is 0.633. The van der Waals surface area contributed by atoms with Crippen LogP contribution >= 0.6 is 12.2 Å². The Labute approximate surface area is 147 Å². The Kier molecular flexibility index (Phi) is 4.81. The molecule has 0 bridgehead atoms. The smallest absolute Gasteiger partial charge is 0.170 e. The van der Waals surface area contributed by atoms with Crippen LogP contribution in [0.25, 0.3) is 10.8 Å². The van der Waals surface area contributed by atoms with Crippen molar-refractivity contribution in [1.29, 1.82) is 0 Å². The molecule has 0 amide bonds. The summed E-state index contributed by atoms with van der Waals surface area (Å²) in [6, 6.07) is 14.9. The first-order valence-corrected chi connectivity index (χ1v) is 8.56. The van der Waals surface area contributed by atoms with Gasteiger partial charge in [-0.2, -0.15) is 5.10 Å². The standard InChI is InChI=1S/C19H22N4S/c1-4-20-19(24)21-18-13(2)22-23(14(18)3)12-16-10-7-9-15-8-5-6-11-17(15)16/h5-11H,4,12H2,1-3H3,(H2,20,21,24). The molecule has 0 atom stereocenters. The van der Waals surface area contributed by atoms with E-state index in [9.17, 15) is 0 Å². The van der Waals surface area contributed by atoms with Gasteiger partial charge in [0.25, 0.3) is 0 Å². The van der Waals surface area contributed by atoms with Gasteiger partial charge in [0.05, 0.1) is 23.6 Å². The van der Waals surface area contributed by atoms with Crippen molar-refractivity contribution in [2.24, 2.45) is 0 Å². The van der Waals surface area contributed by atoms with E-state index in [0.29, 0.717) is 5.11 Å². The van der Waals surface area contributed by atoms with Gasteiger partial charge in [0, 0.05) is 6.54 Å². The third-order valence-electron chi connectivity index (χ3n) is 4.16. The van der Waals surface area contributed by atoms with Gasteiger partial charge in [-0.1, -0.05) is 42.5 Å². The van der Waals surface area contributed by atoms with Gasteiger partial charge < -0.3 is 10.6 Å². The molecule has 2 N–H and O–H groups in total. The molecule has 0 aliphatic rings. The third-order valence-corrected chi connectivity index (χ3v) is 4.40. The van der Waals surface area contributed by atoms with Gasteiger partial charge in [-0.05, 0) is 49.3 Å². The lowest BCUT2D eigenvalue weighted by Gasteiger charge is -2.11. The summed E-state index contributed by atoms with van der Waals surface area (Å²) in [4.78, 5) is 0. The van der Waals surface area contributed by atoms with Crippen LogP contribution in [-0.4, -0.2) is 21.4 Å². The highest BCUT2D eigenvalue weighted by molar-refractivity contribution is 7.80. The largest absolute Gasteiger partial charge is 0.363 e. The molecule has 3 aromatic rings. The van der Waals surface area contributed by atoms with Gasteiger partial charge in [0.15, 0.2) is 5.11 Å². The number of anilines is 1. The Morgan fingerprint density at radius 1 is 1.12 bits per heavy atom. The molecule has 0 saturated carbocycles. The molecule has 4 nitrogen and oxygen atoms in total. The number of hydrogen-bond acceptors (Lipinski definition) is 2. The molecule has 0 fully saturated rings. The molecule has 124 valence electrons. The van der Waals surface area contributed by atoms with Crippen LogP contribution in [0.4, 0.5) is 5.69 Å². The first-order valence-electron chi connectivity index (χ1n) is 8.15. The van der Waals surface area contributed by atoms with Gasteiger partial charge >= 0.3 is 0 Å². The van der Waals surface area contributed by atoms with Crippen LogP contribution in [0, 0.1) is 13.8 Å².